The van der Waals surface area contributed by atoms with Crippen LogP contribution in [0.4, 0.5) is 0 Å². The number of aryl methyl sites for hydroxylation is 2. The maximum atomic E-state index is 12.7. The molecule has 0 radical (unpaired) electrons. The van der Waals surface area contributed by atoms with E-state index >= 15 is 0 Å². The molecule has 0 aliphatic carbocycles. The minimum absolute atomic E-state index is 0.0114. The zero-order valence-corrected chi connectivity index (χ0v) is 15.5. The fourth-order valence-corrected chi connectivity index (χ4v) is 3.86. The molecule has 0 saturated carbocycles. The summed E-state index contributed by atoms with van der Waals surface area (Å²) in [6.45, 7) is 4.69. The van der Waals surface area contributed by atoms with E-state index in [9.17, 15) is 14.7 Å². The highest BCUT2D eigenvalue weighted by Crippen LogP contribution is 2.33. The number of carbonyl (C=O) groups excluding carboxylic acids is 1. The molecule has 6 heteroatoms. The van der Waals surface area contributed by atoms with Crippen molar-refractivity contribution in [2.45, 2.75) is 32.6 Å². The van der Waals surface area contributed by atoms with E-state index in [0.29, 0.717) is 19.4 Å². The number of likely N-dealkylation sites (tertiary alicyclic amines) is 1. The zero-order chi connectivity index (χ0) is 18.8. The molecule has 26 heavy (non-hydrogen) atoms. The lowest BCUT2D eigenvalue weighted by Gasteiger charge is -2.16. The molecule has 0 spiro atoms. The van der Waals surface area contributed by atoms with E-state index in [1.54, 1.807) is 4.90 Å². The molecule has 1 aliphatic rings. The maximum absolute atomic E-state index is 12.7. The van der Waals surface area contributed by atoms with E-state index in [2.05, 4.69) is 5.10 Å². The molecular weight excluding hydrogens is 330 g/mol. The number of carboxylic acids is 1. The molecule has 1 aromatic carbocycles. The van der Waals surface area contributed by atoms with Crippen LogP contribution in [-0.2, 0) is 23.1 Å². The van der Waals surface area contributed by atoms with Crippen molar-refractivity contribution in [2.24, 2.45) is 13.0 Å². The predicted octanol–water partition coefficient (Wildman–Crippen LogP) is 2.30. The molecule has 1 saturated heterocycles. The SMILES string of the molecule is Cc1nn(C)c(C)c1CCC(=O)N1CC(C(=O)O)C(c2ccccc2)C1. The predicted molar refractivity (Wildman–Crippen MR) is 97.9 cm³/mol. The average molecular weight is 355 g/mol. The highest BCUT2D eigenvalue weighted by Gasteiger charge is 2.40. The largest absolute Gasteiger partial charge is 0.481 e. The number of amides is 1. The fraction of sp³-hybridized carbons (Fsp3) is 0.450. The second-order valence-corrected chi connectivity index (χ2v) is 7.03. The van der Waals surface area contributed by atoms with Crippen LogP contribution in [0, 0.1) is 19.8 Å². The van der Waals surface area contributed by atoms with Crippen LogP contribution >= 0.6 is 0 Å². The molecule has 1 N–H and O–H groups in total. The number of rotatable bonds is 5. The van der Waals surface area contributed by atoms with Crippen LogP contribution in [-0.4, -0.2) is 44.8 Å². The first kappa shape index (κ1) is 18.2. The summed E-state index contributed by atoms with van der Waals surface area (Å²) in [6, 6.07) is 9.61. The lowest BCUT2D eigenvalue weighted by atomic mass is 9.89. The second kappa shape index (κ2) is 7.32. The topological polar surface area (TPSA) is 75.4 Å². The van der Waals surface area contributed by atoms with Crippen LogP contribution in [0.25, 0.3) is 0 Å². The highest BCUT2D eigenvalue weighted by molar-refractivity contribution is 5.80. The van der Waals surface area contributed by atoms with Crippen LogP contribution in [0.2, 0.25) is 0 Å². The average Bonchev–Trinajstić information content (AvgIpc) is 3.17. The van der Waals surface area contributed by atoms with Gasteiger partial charge in [0.05, 0.1) is 11.6 Å². The van der Waals surface area contributed by atoms with E-state index in [1.807, 2.05) is 55.9 Å². The van der Waals surface area contributed by atoms with Crippen molar-refractivity contribution in [1.82, 2.24) is 14.7 Å². The first-order chi connectivity index (χ1) is 12.4. The number of benzene rings is 1. The van der Waals surface area contributed by atoms with Crippen molar-refractivity contribution >= 4 is 11.9 Å². The van der Waals surface area contributed by atoms with Gasteiger partial charge in [0.2, 0.25) is 5.91 Å². The van der Waals surface area contributed by atoms with Gasteiger partial charge in [-0.3, -0.25) is 14.3 Å². The summed E-state index contributed by atoms with van der Waals surface area (Å²) in [4.78, 5) is 26.1. The van der Waals surface area contributed by atoms with Gasteiger partial charge in [-0.05, 0) is 31.4 Å². The van der Waals surface area contributed by atoms with Crippen molar-refractivity contribution in [1.29, 1.82) is 0 Å². The molecule has 1 aliphatic heterocycles. The molecule has 3 rings (SSSR count). The number of nitrogens with zero attached hydrogens (tertiary/aromatic N) is 3. The van der Waals surface area contributed by atoms with Gasteiger partial charge in [0.15, 0.2) is 0 Å². The van der Waals surface area contributed by atoms with Crippen LogP contribution in [0.15, 0.2) is 30.3 Å². The van der Waals surface area contributed by atoms with Gasteiger partial charge in [0.25, 0.3) is 0 Å². The lowest BCUT2D eigenvalue weighted by molar-refractivity contribution is -0.141. The summed E-state index contributed by atoms with van der Waals surface area (Å²) in [5.41, 5.74) is 4.11. The molecule has 1 amide bonds. The number of hydrogen-bond donors (Lipinski definition) is 1. The molecule has 2 aromatic rings. The molecular formula is C20H25N3O3. The molecule has 138 valence electrons. The van der Waals surface area contributed by atoms with Crippen molar-refractivity contribution in [3.05, 3.63) is 52.8 Å². The van der Waals surface area contributed by atoms with Crippen molar-refractivity contribution in [3.63, 3.8) is 0 Å². The summed E-state index contributed by atoms with van der Waals surface area (Å²) in [6.07, 6.45) is 1.01. The third kappa shape index (κ3) is 3.49. The van der Waals surface area contributed by atoms with E-state index in [4.69, 9.17) is 0 Å². The summed E-state index contributed by atoms with van der Waals surface area (Å²) in [5, 5.41) is 14.0. The Bertz CT molecular complexity index is 813. The summed E-state index contributed by atoms with van der Waals surface area (Å²) < 4.78 is 1.83. The fourth-order valence-electron chi connectivity index (χ4n) is 3.86. The highest BCUT2D eigenvalue weighted by atomic mass is 16.4. The third-order valence-corrected chi connectivity index (χ3v) is 5.47. The first-order valence-corrected chi connectivity index (χ1v) is 8.93. The van der Waals surface area contributed by atoms with E-state index in [1.165, 1.54) is 0 Å². The third-order valence-electron chi connectivity index (χ3n) is 5.47. The van der Waals surface area contributed by atoms with Gasteiger partial charge < -0.3 is 10.0 Å². The van der Waals surface area contributed by atoms with Crippen molar-refractivity contribution in [3.8, 4) is 0 Å². The number of carboxylic acid groups (broad SMARTS) is 1. The Morgan fingerprint density at radius 1 is 1.19 bits per heavy atom. The lowest BCUT2D eigenvalue weighted by Crippen LogP contribution is -2.30. The van der Waals surface area contributed by atoms with Crippen LogP contribution in [0.5, 0.6) is 0 Å². The van der Waals surface area contributed by atoms with Crippen LogP contribution in [0.1, 0.15) is 34.9 Å². The van der Waals surface area contributed by atoms with E-state index in [-0.39, 0.29) is 18.4 Å². The number of hydrogen-bond acceptors (Lipinski definition) is 3. The monoisotopic (exact) mass is 355 g/mol. The van der Waals surface area contributed by atoms with Gasteiger partial charge in [0.1, 0.15) is 0 Å². The second-order valence-electron chi connectivity index (χ2n) is 7.03. The standard InChI is InChI=1S/C20H25N3O3/c1-13-16(14(2)22(3)21-13)9-10-19(24)23-11-17(18(12-23)20(25)26)15-7-5-4-6-8-15/h4-8,17-18H,9-12H2,1-3H3,(H,25,26). The number of carbonyl (C=O) groups is 2. The number of aliphatic carboxylic acids is 1. The van der Waals surface area contributed by atoms with Gasteiger partial charge >= 0.3 is 5.97 Å². The molecule has 2 unspecified atom stereocenters. The Labute approximate surface area is 153 Å². The molecule has 1 aromatic heterocycles. The Balaban J connectivity index is 1.69. The summed E-state index contributed by atoms with van der Waals surface area (Å²) in [7, 11) is 1.90. The normalized spacial score (nSPS) is 19.7. The van der Waals surface area contributed by atoms with Crippen molar-refractivity contribution in [2.75, 3.05) is 13.1 Å². The van der Waals surface area contributed by atoms with Gasteiger partial charge in [-0.1, -0.05) is 30.3 Å². The zero-order valence-electron chi connectivity index (χ0n) is 15.5. The maximum Gasteiger partial charge on any atom is 0.308 e. The minimum Gasteiger partial charge on any atom is -0.481 e. The molecule has 0 bridgehead atoms. The van der Waals surface area contributed by atoms with Crippen molar-refractivity contribution < 1.29 is 14.7 Å². The van der Waals surface area contributed by atoms with Gasteiger partial charge in [-0.25, -0.2) is 0 Å². The minimum atomic E-state index is -0.840. The van der Waals surface area contributed by atoms with Gasteiger partial charge in [0, 0.05) is 38.2 Å². The van der Waals surface area contributed by atoms with E-state index < -0.39 is 11.9 Å². The Kier molecular flexibility index (Phi) is 5.11. The molecule has 1 fully saturated rings. The van der Waals surface area contributed by atoms with E-state index in [0.717, 1.165) is 22.5 Å². The summed E-state index contributed by atoms with van der Waals surface area (Å²) >= 11 is 0. The Morgan fingerprint density at radius 2 is 1.88 bits per heavy atom. The summed E-state index contributed by atoms with van der Waals surface area (Å²) in [5.74, 6) is -1.53. The van der Waals surface area contributed by atoms with Crippen LogP contribution < -0.4 is 0 Å². The Hall–Kier alpha value is -2.63. The Morgan fingerprint density at radius 3 is 2.46 bits per heavy atom. The smallest absolute Gasteiger partial charge is 0.308 e. The molecule has 6 nitrogen and oxygen atoms in total. The molecule has 2 heterocycles. The van der Waals surface area contributed by atoms with Gasteiger partial charge in [-0.15, -0.1) is 0 Å². The quantitative estimate of drug-likeness (QED) is 0.893. The number of aromatic nitrogens is 2. The van der Waals surface area contributed by atoms with Crippen LogP contribution in [0.3, 0.4) is 0 Å². The first-order valence-electron chi connectivity index (χ1n) is 8.93. The molecule has 2 atom stereocenters. The van der Waals surface area contributed by atoms with Gasteiger partial charge in [-0.2, -0.15) is 5.10 Å².